The van der Waals surface area contributed by atoms with Gasteiger partial charge in [0.05, 0.1) is 24.2 Å². The second kappa shape index (κ2) is 9.04. The van der Waals surface area contributed by atoms with E-state index in [0.29, 0.717) is 6.61 Å². The van der Waals surface area contributed by atoms with Crippen LogP contribution in [0.25, 0.3) is 0 Å². The zero-order valence-corrected chi connectivity index (χ0v) is 20.2. The van der Waals surface area contributed by atoms with Crippen LogP contribution < -0.4 is 0 Å². The summed E-state index contributed by atoms with van der Waals surface area (Å²) in [6.07, 6.45) is -0.895. The molecule has 8 heteroatoms. The molecule has 5 atom stereocenters. The molecule has 2 rings (SSSR count). The van der Waals surface area contributed by atoms with Crippen LogP contribution >= 0.6 is 0 Å². The van der Waals surface area contributed by atoms with E-state index in [1.165, 1.54) is 4.90 Å². The lowest BCUT2D eigenvalue weighted by Gasteiger charge is -2.44. The van der Waals surface area contributed by atoms with E-state index in [1.54, 1.807) is 6.92 Å². The van der Waals surface area contributed by atoms with Crippen molar-refractivity contribution in [2.24, 2.45) is 11.8 Å². The highest BCUT2D eigenvalue weighted by molar-refractivity contribution is 6.74. The summed E-state index contributed by atoms with van der Waals surface area (Å²) in [4.78, 5) is 26.4. The number of cyclic esters (lactones) is 1. The van der Waals surface area contributed by atoms with Crippen molar-refractivity contribution in [3.8, 4) is 0 Å². The van der Waals surface area contributed by atoms with Gasteiger partial charge in [0, 0.05) is 6.61 Å². The molecular formula is C21H39NO6Si. The van der Waals surface area contributed by atoms with Crippen molar-refractivity contribution in [1.29, 1.82) is 0 Å². The van der Waals surface area contributed by atoms with Gasteiger partial charge >= 0.3 is 6.09 Å². The molecule has 2 heterocycles. The van der Waals surface area contributed by atoms with Crippen LogP contribution in [0.3, 0.4) is 0 Å². The highest BCUT2D eigenvalue weighted by Gasteiger charge is 2.47. The maximum Gasteiger partial charge on any atom is 0.416 e. The average molecular weight is 430 g/mol. The van der Waals surface area contributed by atoms with Gasteiger partial charge in [0.25, 0.3) is 0 Å². The van der Waals surface area contributed by atoms with E-state index in [9.17, 15) is 14.7 Å². The summed E-state index contributed by atoms with van der Waals surface area (Å²) in [5.41, 5.74) is 0. The highest BCUT2D eigenvalue weighted by atomic mass is 28.4. The third-order valence-corrected chi connectivity index (χ3v) is 11.2. The third kappa shape index (κ3) is 5.21. The molecule has 2 aliphatic rings. The van der Waals surface area contributed by atoms with Gasteiger partial charge in [0.1, 0.15) is 12.7 Å². The van der Waals surface area contributed by atoms with E-state index < -0.39 is 38.4 Å². The number of carbonyl (C=O) groups is 2. The first-order valence-electron chi connectivity index (χ1n) is 10.7. The normalized spacial score (nSPS) is 28.4. The Balaban J connectivity index is 2.16. The molecule has 0 aromatic heterocycles. The second-order valence-corrected chi connectivity index (χ2v) is 15.0. The van der Waals surface area contributed by atoms with E-state index in [4.69, 9.17) is 13.9 Å². The number of imide groups is 1. The van der Waals surface area contributed by atoms with Crippen molar-refractivity contribution < 1.29 is 28.6 Å². The quantitative estimate of drug-likeness (QED) is 0.650. The summed E-state index contributed by atoms with van der Waals surface area (Å²) in [6.45, 7) is 17.1. The number of carbonyl (C=O) groups excluding carboxylic acids is 2. The molecule has 2 aliphatic heterocycles. The molecule has 0 aromatic rings. The molecule has 0 bridgehead atoms. The molecule has 2 amide bonds. The molecule has 0 saturated carbocycles. The van der Waals surface area contributed by atoms with Crippen LogP contribution in [-0.4, -0.2) is 67.9 Å². The molecule has 0 unspecified atom stereocenters. The fraction of sp³-hybridized carbons (Fsp3) is 0.905. The van der Waals surface area contributed by atoms with Crippen molar-refractivity contribution >= 4 is 20.3 Å². The van der Waals surface area contributed by atoms with Gasteiger partial charge in [0.15, 0.2) is 8.32 Å². The first kappa shape index (κ1) is 24.3. The molecule has 1 N–H and O–H groups in total. The Morgan fingerprint density at radius 3 is 2.45 bits per heavy atom. The monoisotopic (exact) mass is 429 g/mol. The number of hydrogen-bond donors (Lipinski definition) is 1. The van der Waals surface area contributed by atoms with E-state index >= 15 is 0 Å². The fourth-order valence-corrected chi connectivity index (χ4v) is 4.97. The summed E-state index contributed by atoms with van der Waals surface area (Å²) in [6, 6.07) is -0.309. The van der Waals surface area contributed by atoms with Crippen molar-refractivity contribution in [1.82, 2.24) is 4.90 Å². The maximum absolute atomic E-state index is 13.1. The van der Waals surface area contributed by atoms with Crippen LogP contribution in [0.1, 0.15) is 54.4 Å². The molecular weight excluding hydrogens is 390 g/mol. The average Bonchev–Trinajstić information content (AvgIpc) is 3.01. The van der Waals surface area contributed by atoms with Crippen molar-refractivity contribution in [3.63, 3.8) is 0 Å². The molecule has 168 valence electrons. The van der Waals surface area contributed by atoms with Crippen LogP contribution in [0.2, 0.25) is 18.1 Å². The topological polar surface area (TPSA) is 85.3 Å². The first-order valence-corrected chi connectivity index (χ1v) is 13.7. The summed E-state index contributed by atoms with van der Waals surface area (Å²) >= 11 is 0. The second-order valence-electron chi connectivity index (χ2n) is 10.3. The fourth-order valence-electron chi connectivity index (χ4n) is 3.61. The zero-order valence-electron chi connectivity index (χ0n) is 19.2. The largest absolute Gasteiger partial charge is 0.447 e. The lowest BCUT2D eigenvalue weighted by atomic mass is 9.91. The van der Waals surface area contributed by atoms with Gasteiger partial charge in [-0.1, -0.05) is 41.5 Å². The molecule has 0 aromatic carbocycles. The van der Waals surface area contributed by atoms with Crippen LogP contribution in [0, 0.1) is 11.8 Å². The smallest absolute Gasteiger partial charge is 0.416 e. The number of aliphatic hydroxyl groups excluding tert-OH is 1. The predicted molar refractivity (Wildman–Crippen MR) is 113 cm³/mol. The SMILES string of the molecule is CC(C)[C@@H]1COC(=O)N1C(=O)[C@H](C)[C@@H](O)[C@H]1OCCC[C@@H]1O[Si](C)(C)C(C)(C)C. The molecule has 0 radical (unpaired) electrons. The van der Waals surface area contributed by atoms with E-state index in [2.05, 4.69) is 33.9 Å². The van der Waals surface area contributed by atoms with Gasteiger partial charge in [-0.15, -0.1) is 0 Å². The van der Waals surface area contributed by atoms with Gasteiger partial charge in [-0.2, -0.15) is 0 Å². The zero-order chi connectivity index (χ0) is 22.1. The van der Waals surface area contributed by atoms with Crippen molar-refractivity contribution in [2.75, 3.05) is 13.2 Å². The Hall–Kier alpha value is -0.963. The van der Waals surface area contributed by atoms with Gasteiger partial charge in [-0.25, -0.2) is 9.69 Å². The Labute approximate surface area is 176 Å². The Bertz CT molecular complexity index is 602. The minimum atomic E-state index is -2.06. The predicted octanol–water partition coefficient (Wildman–Crippen LogP) is 3.56. The molecule has 2 fully saturated rings. The van der Waals surface area contributed by atoms with Crippen LogP contribution in [0.4, 0.5) is 4.79 Å². The number of rotatable bonds is 6. The van der Waals surface area contributed by atoms with Crippen LogP contribution in [0.5, 0.6) is 0 Å². The van der Waals surface area contributed by atoms with Gasteiger partial charge in [0.2, 0.25) is 5.91 Å². The Kier molecular flexibility index (Phi) is 7.57. The lowest BCUT2D eigenvalue weighted by Crippen LogP contribution is -2.55. The minimum Gasteiger partial charge on any atom is -0.447 e. The van der Waals surface area contributed by atoms with Crippen LogP contribution in [-0.2, 0) is 18.7 Å². The molecule has 0 spiro atoms. The minimum absolute atomic E-state index is 0.0329. The summed E-state index contributed by atoms with van der Waals surface area (Å²) in [5.74, 6) is -1.13. The summed E-state index contributed by atoms with van der Waals surface area (Å²) in [7, 11) is -2.06. The van der Waals surface area contributed by atoms with Gasteiger partial charge in [-0.3, -0.25) is 4.79 Å². The summed E-state index contributed by atoms with van der Waals surface area (Å²) in [5, 5.41) is 11.1. The number of ether oxygens (including phenoxy) is 2. The standard InChI is InChI=1S/C21H39NO6Si/c1-13(2)15-12-27-20(25)22(15)19(24)14(3)17(23)18-16(10-9-11-26-18)28-29(7,8)21(4,5)6/h13-18,23H,9-12H2,1-8H3/t14-,15+,16+,17-,18+/m1/s1. The van der Waals surface area contributed by atoms with Crippen LogP contribution in [0.15, 0.2) is 0 Å². The Morgan fingerprint density at radius 1 is 1.28 bits per heavy atom. The lowest BCUT2D eigenvalue weighted by molar-refractivity contribution is -0.155. The number of amides is 2. The van der Waals surface area contributed by atoms with Crippen molar-refractivity contribution in [2.45, 2.75) is 96.9 Å². The number of aliphatic hydroxyl groups is 1. The van der Waals surface area contributed by atoms with E-state index in [-0.39, 0.29) is 29.7 Å². The summed E-state index contributed by atoms with van der Waals surface area (Å²) < 4.78 is 17.6. The number of hydrogen-bond acceptors (Lipinski definition) is 6. The van der Waals surface area contributed by atoms with Gasteiger partial charge < -0.3 is 19.0 Å². The van der Waals surface area contributed by atoms with E-state index in [0.717, 1.165) is 12.8 Å². The first-order chi connectivity index (χ1) is 13.3. The maximum atomic E-state index is 13.1. The van der Waals surface area contributed by atoms with Crippen molar-refractivity contribution in [3.05, 3.63) is 0 Å². The molecule has 2 saturated heterocycles. The highest BCUT2D eigenvalue weighted by Crippen LogP contribution is 2.39. The molecule has 7 nitrogen and oxygen atoms in total. The third-order valence-electron chi connectivity index (χ3n) is 6.71. The number of nitrogens with zero attached hydrogens (tertiary/aromatic N) is 1. The molecule has 0 aliphatic carbocycles. The Morgan fingerprint density at radius 2 is 1.90 bits per heavy atom. The van der Waals surface area contributed by atoms with E-state index in [1.807, 2.05) is 13.8 Å². The van der Waals surface area contributed by atoms with Gasteiger partial charge in [-0.05, 0) is 36.9 Å². The molecule has 29 heavy (non-hydrogen) atoms.